The van der Waals surface area contributed by atoms with Crippen molar-refractivity contribution in [2.24, 2.45) is 5.73 Å². The SMILES string of the molecule is CCSC[C@H](N)C(=S)N1CCN(Cc2ccc(OC)c(OC)c2OC)CC1. The molecule has 152 valence electrons. The number of rotatable bonds is 9. The number of ether oxygens (including phenoxy) is 3. The minimum atomic E-state index is -0.0394. The maximum absolute atomic E-state index is 6.23. The quantitative estimate of drug-likeness (QED) is 0.619. The number of methoxy groups -OCH3 is 3. The van der Waals surface area contributed by atoms with Crippen molar-refractivity contribution in [1.29, 1.82) is 0 Å². The van der Waals surface area contributed by atoms with E-state index in [1.807, 2.05) is 23.9 Å². The van der Waals surface area contributed by atoms with Gasteiger partial charge < -0.3 is 24.8 Å². The lowest BCUT2D eigenvalue weighted by Crippen LogP contribution is -2.52. The summed E-state index contributed by atoms with van der Waals surface area (Å²) in [6.07, 6.45) is 0. The maximum atomic E-state index is 6.23. The van der Waals surface area contributed by atoms with E-state index in [-0.39, 0.29) is 6.04 Å². The van der Waals surface area contributed by atoms with Crippen molar-refractivity contribution >= 4 is 29.0 Å². The highest BCUT2D eigenvalue weighted by molar-refractivity contribution is 7.99. The molecule has 0 saturated carbocycles. The Hall–Kier alpha value is -1.22. The van der Waals surface area contributed by atoms with Gasteiger partial charge in [-0.25, -0.2) is 0 Å². The van der Waals surface area contributed by atoms with E-state index in [2.05, 4.69) is 16.7 Å². The van der Waals surface area contributed by atoms with E-state index in [9.17, 15) is 0 Å². The second-order valence-corrected chi connectivity index (χ2v) is 8.10. The van der Waals surface area contributed by atoms with Gasteiger partial charge in [-0.05, 0) is 11.8 Å². The molecule has 2 N–H and O–H groups in total. The highest BCUT2D eigenvalue weighted by Crippen LogP contribution is 2.40. The van der Waals surface area contributed by atoms with E-state index in [1.165, 1.54) is 0 Å². The van der Waals surface area contributed by atoms with Crippen molar-refractivity contribution in [3.8, 4) is 17.2 Å². The summed E-state index contributed by atoms with van der Waals surface area (Å²) >= 11 is 7.43. The zero-order chi connectivity index (χ0) is 19.8. The number of nitrogens with zero attached hydrogens (tertiary/aromatic N) is 2. The lowest BCUT2D eigenvalue weighted by atomic mass is 10.1. The van der Waals surface area contributed by atoms with Gasteiger partial charge in [0.2, 0.25) is 5.75 Å². The molecule has 1 aromatic carbocycles. The summed E-state index contributed by atoms with van der Waals surface area (Å²) in [7, 11) is 4.92. The number of hydrogen-bond acceptors (Lipinski definition) is 7. The molecule has 1 aliphatic heterocycles. The van der Waals surface area contributed by atoms with Crippen molar-refractivity contribution in [3.05, 3.63) is 17.7 Å². The summed E-state index contributed by atoms with van der Waals surface area (Å²) < 4.78 is 16.4. The fraction of sp³-hybridized carbons (Fsp3) is 0.632. The number of hydrogen-bond donors (Lipinski definition) is 1. The van der Waals surface area contributed by atoms with Gasteiger partial charge in [-0.2, -0.15) is 11.8 Å². The monoisotopic (exact) mass is 413 g/mol. The molecule has 0 bridgehead atoms. The van der Waals surface area contributed by atoms with Crippen molar-refractivity contribution in [3.63, 3.8) is 0 Å². The molecule has 0 aromatic heterocycles. The smallest absolute Gasteiger partial charge is 0.203 e. The molecule has 6 nitrogen and oxygen atoms in total. The van der Waals surface area contributed by atoms with Crippen LogP contribution in [0.2, 0.25) is 0 Å². The van der Waals surface area contributed by atoms with Crippen LogP contribution in [0.5, 0.6) is 17.2 Å². The molecule has 1 heterocycles. The zero-order valence-electron chi connectivity index (χ0n) is 16.7. The van der Waals surface area contributed by atoms with Crippen LogP contribution in [-0.4, -0.2) is 79.8 Å². The van der Waals surface area contributed by atoms with Crippen LogP contribution in [0.3, 0.4) is 0 Å². The normalized spacial score (nSPS) is 16.1. The standard InChI is InChI=1S/C19H31N3O3S2/c1-5-27-13-15(20)19(26)22-10-8-21(9-11-22)12-14-6-7-16(23-2)18(25-4)17(14)24-3/h6-7,15H,5,8-13,20H2,1-4H3/t15-/m0/s1. The Morgan fingerprint density at radius 2 is 1.78 bits per heavy atom. The fourth-order valence-corrected chi connectivity index (χ4v) is 4.22. The summed E-state index contributed by atoms with van der Waals surface area (Å²) in [5, 5.41) is 0. The van der Waals surface area contributed by atoms with Crippen molar-refractivity contribution in [1.82, 2.24) is 9.80 Å². The van der Waals surface area contributed by atoms with Crippen LogP contribution in [-0.2, 0) is 6.54 Å². The summed E-state index contributed by atoms with van der Waals surface area (Å²) in [5.41, 5.74) is 7.32. The first-order chi connectivity index (χ1) is 13.0. The molecule has 1 aliphatic rings. The average molecular weight is 414 g/mol. The average Bonchev–Trinajstić information content (AvgIpc) is 2.71. The first kappa shape index (κ1) is 22.1. The summed E-state index contributed by atoms with van der Waals surface area (Å²) in [6, 6.07) is 3.92. The highest BCUT2D eigenvalue weighted by atomic mass is 32.2. The van der Waals surface area contributed by atoms with Gasteiger partial charge in [-0.1, -0.05) is 25.2 Å². The molecule has 1 atom stereocenters. The molecule has 1 saturated heterocycles. The van der Waals surface area contributed by atoms with E-state index in [0.717, 1.165) is 60.5 Å². The Kier molecular flexibility index (Phi) is 8.95. The largest absolute Gasteiger partial charge is 0.493 e. The van der Waals surface area contributed by atoms with Crippen LogP contribution in [0, 0.1) is 0 Å². The fourth-order valence-electron chi connectivity index (χ4n) is 3.21. The van der Waals surface area contributed by atoms with Gasteiger partial charge in [0, 0.05) is 44.0 Å². The van der Waals surface area contributed by atoms with Crippen molar-refractivity contribution in [2.45, 2.75) is 19.5 Å². The molecule has 0 unspecified atom stereocenters. The van der Waals surface area contributed by atoms with E-state index in [4.69, 9.17) is 32.2 Å². The Balaban J connectivity index is 1.97. The summed E-state index contributed by atoms with van der Waals surface area (Å²) in [6.45, 7) is 6.61. The van der Waals surface area contributed by atoms with E-state index < -0.39 is 0 Å². The molecular weight excluding hydrogens is 382 g/mol. The van der Waals surface area contributed by atoms with Crippen LogP contribution in [0.1, 0.15) is 12.5 Å². The molecule has 0 aliphatic carbocycles. The topological polar surface area (TPSA) is 60.2 Å². The van der Waals surface area contributed by atoms with E-state index in [1.54, 1.807) is 21.3 Å². The molecule has 0 spiro atoms. The van der Waals surface area contributed by atoms with Crippen molar-refractivity contribution < 1.29 is 14.2 Å². The minimum absolute atomic E-state index is 0.0394. The van der Waals surface area contributed by atoms with Gasteiger partial charge in [0.05, 0.1) is 32.4 Å². The third-order valence-electron chi connectivity index (χ3n) is 4.68. The third-order valence-corrected chi connectivity index (χ3v) is 6.25. The molecule has 2 rings (SSSR count). The third kappa shape index (κ3) is 5.63. The molecule has 1 fully saturated rings. The zero-order valence-corrected chi connectivity index (χ0v) is 18.3. The van der Waals surface area contributed by atoms with E-state index in [0.29, 0.717) is 11.5 Å². The Morgan fingerprint density at radius 1 is 1.11 bits per heavy atom. The van der Waals surface area contributed by atoms with Gasteiger partial charge in [0.15, 0.2) is 11.5 Å². The van der Waals surface area contributed by atoms with Crippen LogP contribution < -0.4 is 19.9 Å². The predicted molar refractivity (Wildman–Crippen MR) is 117 cm³/mol. The summed E-state index contributed by atoms with van der Waals surface area (Å²) in [5.74, 6) is 3.99. The Bertz CT molecular complexity index is 622. The molecule has 1 aromatic rings. The van der Waals surface area contributed by atoms with Gasteiger partial charge in [0.1, 0.15) is 0 Å². The van der Waals surface area contributed by atoms with Crippen LogP contribution in [0.15, 0.2) is 12.1 Å². The van der Waals surface area contributed by atoms with Crippen LogP contribution >= 0.6 is 24.0 Å². The Morgan fingerprint density at radius 3 is 2.33 bits per heavy atom. The number of nitrogens with two attached hydrogens (primary N) is 1. The van der Waals surface area contributed by atoms with Gasteiger partial charge in [-0.15, -0.1) is 0 Å². The van der Waals surface area contributed by atoms with Crippen molar-refractivity contribution in [2.75, 3.05) is 59.0 Å². The molecular formula is C19H31N3O3S2. The van der Waals surface area contributed by atoms with Gasteiger partial charge >= 0.3 is 0 Å². The van der Waals surface area contributed by atoms with Crippen LogP contribution in [0.4, 0.5) is 0 Å². The molecule has 8 heteroatoms. The van der Waals surface area contributed by atoms with Crippen LogP contribution in [0.25, 0.3) is 0 Å². The first-order valence-electron chi connectivity index (χ1n) is 9.17. The first-order valence-corrected chi connectivity index (χ1v) is 10.7. The molecule has 0 amide bonds. The minimum Gasteiger partial charge on any atom is -0.493 e. The highest BCUT2D eigenvalue weighted by Gasteiger charge is 2.24. The molecule has 27 heavy (non-hydrogen) atoms. The maximum Gasteiger partial charge on any atom is 0.203 e. The number of benzene rings is 1. The lowest BCUT2D eigenvalue weighted by Gasteiger charge is -2.37. The van der Waals surface area contributed by atoms with Gasteiger partial charge in [-0.3, -0.25) is 4.90 Å². The number of thioether (sulfide) groups is 1. The predicted octanol–water partition coefficient (Wildman–Crippen LogP) is 2.24. The number of thiocarbonyl (C=S) groups is 1. The van der Waals surface area contributed by atoms with E-state index >= 15 is 0 Å². The molecule has 0 radical (unpaired) electrons. The second-order valence-electron chi connectivity index (χ2n) is 6.36. The van der Waals surface area contributed by atoms with Gasteiger partial charge in [0.25, 0.3) is 0 Å². The summed E-state index contributed by atoms with van der Waals surface area (Å²) in [4.78, 5) is 5.53. The second kappa shape index (κ2) is 10.9. The number of piperazine rings is 1. The lowest BCUT2D eigenvalue weighted by molar-refractivity contribution is 0.173. The Labute approximate surface area is 172 Å².